The number of benzene rings is 2. The molecule has 1 aliphatic rings. The molecule has 1 aliphatic heterocycles. The average molecular weight is 343 g/mol. The van der Waals surface area contributed by atoms with Gasteiger partial charge in [0.25, 0.3) is 0 Å². The Balaban J connectivity index is 1.51. The Labute approximate surface area is 146 Å². The molecule has 0 saturated carbocycles. The summed E-state index contributed by atoms with van der Waals surface area (Å²) in [6.07, 6.45) is 0.690. The second-order valence-corrected chi connectivity index (χ2v) is 6.25. The average Bonchev–Trinajstić information content (AvgIpc) is 3.13. The van der Waals surface area contributed by atoms with Crippen molar-refractivity contribution in [2.75, 3.05) is 13.3 Å². The van der Waals surface area contributed by atoms with Crippen LogP contribution in [0.1, 0.15) is 42.5 Å². The van der Waals surface area contributed by atoms with E-state index in [2.05, 4.69) is 0 Å². The highest BCUT2D eigenvalue weighted by atomic mass is 19.1. The van der Waals surface area contributed by atoms with Crippen LogP contribution in [0, 0.1) is 5.82 Å². The van der Waals surface area contributed by atoms with Crippen LogP contribution in [-0.4, -0.2) is 29.3 Å². The monoisotopic (exact) mass is 343 g/mol. The number of aliphatic hydroxyl groups excluding tert-OH is 1. The van der Waals surface area contributed by atoms with E-state index in [0.717, 1.165) is 5.56 Å². The maximum absolute atomic E-state index is 12.9. The molecule has 5 heteroatoms. The standard InChI is InChI=1S/C20H22FNO3/c21-17-11-9-16(10-12-17)19(23)7-4-8-20(24)22-14-25-13-18(22)15-5-2-1-3-6-15/h1-3,5-6,9-12,18-19,23H,4,7-8,13-14H2/t18-,19+/m1/s1. The van der Waals surface area contributed by atoms with Crippen LogP contribution < -0.4 is 0 Å². The van der Waals surface area contributed by atoms with Crippen LogP contribution >= 0.6 is 0 Å². The second kappa shape index (κ2) is 8.23. The van der Waals surface area contributed by atoms with E-state index in [-0.39, 0.29) is 17.8 Å². The van der Waals surface area contributed by atoms with Crippen molar-refractivity contribution in [3.63, 3.8) is 0 Å². The van der Waals surface area contributed by atoms with Crippen LogP contribution in [0.2, 0.25) is 0 Å². The van der Waals surface area contributed by atoms with Crippen LogP contribution in [0.3, 0.4) is 0 Å². The number of hydrogen-bond donors (Lipinski definition) is 1. The molecule has 0 aliphatic carbocycles. The molecule has 2 aromatic carbocycles. The van der Waals surface area contributed by atoms with E-state index in [0.29, 0.717) is 38.2 Å². The molecule has 1 amide bonds. The summed E-state index contributed by atoms with van der Waals surface area (Å²) < 4.78 is 18.4. The van der Waals surface area contributed by atoms with Crippen LogP contribution in [0.15, 0.2) is 54.6 Å². The molecule has 3 rings (SSSR count). The Morgan fingerprint density at radius 3 is 2.64 bits per heavy atom. The van der Waals surface area contributed by atoms with Crippen molar-refractivity contribution in [2.45, 2.75) is 31.4 Å². The topological polar surface area (TPSA) is 49.8 Å². The quantitative estimate of drug-likeness (QED) is 0.872. The minimum atomic E-state index is -0.687. The van der Waals surface area contributed by atoms with Crippen molar-refractivity contribution >= 4 is 5.91 Å². The molecule has 0 spiro atoms. The molecule has 2 aromatic rings. The zero-order valence-corrected chi connectivity index (χ0v) is 14.0. The number of nitrogens with zero attached hydrogens (tertiary/aromatic N) is 1. The van der Waals surface area contributed by atoms with Crippen LogP contribution in [0.25, 0.3) is 0 Å². The van der Waals surface area contributed by atoms with Crippen LogP contribution in [-0.2, 0) is 9.53 Å². The number of halogens is 1. The van der Waals surface area contributed by atoms with E-state index in [1.807, 2.05) is 30.3 Å². The fourth-order valence-electron chi connectivity index (χ4n) is 3.08. The fourth-order valence-corrected chi connectivity index (χ4v) is 3.08. The molecular formula is C20H22FNO3. The summed E-state index contributed by atoms with van der Waals surface area (Å²) in [5.41, 5.74) is 1.74. The Kier molecular flexibility index (Phi) is 5.79. The molecule has 1 saturated heterocycles. The van der Waals surface area contributed by atoms with Gasteiger partial charge in [0.2, 0.25) is 5.91 Å². The summed E-state index contributed by atoms with van der Waals surface area (Å²) in [5, 5.41) is 10.1. The lowest BCUT2D eigenvalue weighted by molar-refractivity contribution is -0.133. The van der Waals surface area contributed by atoms with Gasteiger partial charge in [-0.05, 0) is 36.1 Å². The largest absolute Gasteiger partial charge is 0.388 e. The maximum atomic E-state index is 12.9. The normalized spacial score (nSPS) is 18.3. The van der Waals surface area contributed by atoms with Crippen molar-refractivity contribution in [3.8, 4) is 0 Å². The number of hydrogen-bond acceptors (Lipinski definition) is 3. The minimum absolute atomic E-state index is 0.0256. The lowest BCUT2D eigenvalue weighted by Gasteiger charge is -2.23. The zero-order chi connectivity index (χ0) is 17.6. The summed E-state index contributed by atoms with van der Waals surface area (Å²) in [5.74, 6) is -0.301. The van der Waals surface area contributed by atoms with Crippen molar-refractivity contribution in [2.24, 2.45) is 0 Å². The van der Waals surface area contributed by atoms with Crippen molar-refractivity contribution < 1.29 is 19.0 Å². The molecule has 4 nitrogen and oxygen atoms in total. The molecule has 132 valence electrons. The molecule has 0 unspecified atom stereocenters. The summed E-state index contributed by atoms with van der Waals surface area (Å²) in [7, 11) is 0. The van der Waals surface area contributed by atoms with Gasteiger partial charge in [0, 0.05) is 6.42 Å². The van der Waals surface area contributed by atoms with Gasteiger partial charge in [0.05, 0.1) is 18.8 Å². The maximum Gasteiger partial charge on any atom is 0.224 e. The lowest BCUT2D eigenvalue weighted by Crippen LogP contribution is -2.31. The lowest BCUT2D eigenvalue weighted by atomic mass is 10.0. The number of ether oxygens (including phenoxy) is 1. The molecule has 25 heavy (non-hydrogen) atoms. The first-order valence-corrected chi connectivity index (χ1v) is 8.51. The van der Waals surface area contributed by atoms with Gasteiger partial charge >= 0.3 is 0 Å². The van der Waals surface area contributed by atoms with Gasteiger partial charge in [-0.1, -0.05) is 42.5 Å². The van der Waals surface area contributed by atoms with Crippen molar-refractivity contribution in [1.82, 2.24) is 4.90 Å². The Morgan fingerprint density at radius 1 is 1.20 bits per heavy atom. The first-order valence-electron chi connectivity index (χ1n) is 8.51. The summed E-state index contributed by atoms with van der Waals surface area (Å²) >= 11 is 0. The molecular weight excluding hydrogens is 321 g/mol. The van der Waals surface area contributed by atoms with Gasteiger partial charge in [-0.15, -0.1) is 0 Å². The SMILES string of the molecule is O=C(CCC[C@H](O)c1ccc(F)cc1)N1COC[C@@H]1c1ccccc1. The number of rotatable bonds is 6. The molecule has 0 bridgehead atoms. The third-order valence-corrected chi connectivity index (χ3v) is 4.51. The third kappa shape index (κ3) is 4.44. The van der Waals surface area contributed by atoms with Crippen molar-refractivity contribution in [3.05, 3.63) is 71.5 Å². The highest BCUT2D eigenvalue weighted by Crippen LogP contribution is 2.27. The van der Waals surface area contributed by atoms with Crippen LogP contribution in [0.4, 0.5) is 4.39 Å². The second-order valence-electron chi connectivity index (χ2n) is 6.25. The first kappa shape index (κ1) is 17.6. The minimum Gasteiger partial charge on any atom is -0.388 e. The van der Waals surface area contributed by atoms with E-state index >= 15 is 0 Å². The van der Waals surface area contributed by atoms with E-state index in [1.54, 1.807) is 17.0 Å². The van der Waals surface area contributed by atoms with Gasteiger partial charge in [0.1, 0.15) is 12.5 Å². The van der Waals surface area contributed by atoms with Gasteiger partial charge in [-0.3, -0.25) is 4.79 Å². The number of carbonyl (C=O) groups excluding carboxylic acids is 1. The summed E-state index contributed by atoms with van der Waals surface area (Å²) in [4.78, 5) is 14.3. The molecule has 1 heterocycles. The van der Waals surface area contributed by atoms with E-state index in [9.17, 15) is 14.3 Å². The summed E-state index contributed by atoms with van der Waals surface area (Å²) in [6, 6.07) is 15.6. The van der Waals surface area contributed by atoms with E-state index in [4.69, 9.17) is 4.74 Å². The van der Waals surface area contributed by atoms with Gasteiger partial charge in [0.15, 0.2) is 0 Å². The van der Waals surface area contributed by atoms with Crippen LogP contribution in [0.5, 0.6) is 0 Å². The van der Waals surface area contributed by atoms with E-state index in [1.165, 1.54) is 12.1 Å². The third-order valence-electron chi connectivity index (χ3n) is 4.51. The Bertz CT molecular complexity index is 690. The highest BCUT2D eigenvalue weighted by Gasteiger charge is 2.30. The highest BCUT2D eigenvalue weighted by molar-refractivity contribution is 5.76. The molecule has 0 radical (unpaired) electrons. The predicted octanol–water partition coefficient (Wildman–Crippen LogP) is 3.59. The molecule has 1 fully saturated rings. The van der Waals surface area contributed by atoms with Gasteiger partial charge in [-0.2, -0.15) is 0 Å². The molecule has 2 atom stereocenters. The molecule has 1 N–H and O–H groups in total. The summed E-state index contributed by atoms with van der Waals surface area (Å²) in [6.45, 7) is 0.812. The number of amides is 1. The smallest absolute Gasteiger partial charge is 0.224 e. The predicted molar refractivity (Wildman–Crippen MR) is 92.1 cm³/mol. The molecule has 0 aromatic heterocycles. The van der Waals surface area contributed by atoms with E-state index < -0.39 is 6.10 Å². The fraction of sp³-hybridized carbons (Fsp3) is 0.350. The number of aliphatic hydroxyl groups is 1. The zero-order valence-electron chi connectivity index (χ0n) is 14.0. The first-order chi connectivity index (χ1) is 12.1. The number of carbonyl (C=O) groups is 1. The van der Waals surface area contributed by atoms with Gasteiger partial charge < -0.3 is 14.7 Å². The van der Waals surface area contributed by atoms with Crippen molar-refractivity contribution in [1.29, 1.82) is 0 Å². The Hall–Kier alpha value is -2.24. The Morgan fingerprint density at radius 2 is 1.92 bits per heavy atom. The van der Waals surface area contributed by atoms with Gasteiger partial charge in [-0.25, -0.2) is 4.39 Å².